The van der Waals surface area contributed by atoms with Gasteiger partial charge in [-0.25, -0.2) is 9.59 Å². The van der Waals surface area contributed by atoms with E-state index in [1.165, 1.54) is 12.0 Å². The summed E-state index contributed by atoms with van der Waals surface area (Å²) in [7, 11) is 1.36. The molecule has 176 valence electrons. The molecule has 7 heteroatoms. The number of hydrogen-bond donors (Lipinski definition) is 0. The van der Waals surface area contributed by atoms with Crippen LogP contribution in [-0.4, -0.2) is 30.2 Å². The van der Waals surface area contributed by atoms with E-state index in [2.05, 4.69) is 0 Å². The molecule has 5 rings (SSSR count). The number of pyridine rings is 1. The summed E-state index contributed by atoms with van der Waals surface area (Å²) in [5, 5.41) is 0.605. The Bertz CT molecular complexity index is 1460. The summed E-state index contributed by atoms with van der Waals surface area (Å²) in [5.41, 5.74) is 5.36. The lowest BCUT2D eigenvalue weighted by Gasteiger charge is -2.29. The Balaban J connectivity index is 1.83. The highest BCUT2D eigenvalue weighted by Crippen LogP contribution is 2.45. The van der Waals surface area contributed by atoms with E-state index >= 15 is 0 Å². The number of aromatic nitrogens is 1. The van der Waals surface area contributed by atoms with E-state index in [-0.39, 0.29) is 12.5 Å². The van der Waals surface area contributed by atoms with E-state index < -0.39 is 12.1 Å². The number of anilines is 1. The second-order valence-corrected chi connectivity index (χ2v) is 8.47. The van der Waals surface area contributed by atoms with Crippen molar-refractivity contribution >= 4 is 34.9 Å². The lowest BCUT2D eigenvalue weighted by molar-refractivity contribution is 0.0529. The molecular weight excluding hydrogens is 464 g/mol. The highest BCUT2D eigenvalue weighted by atomic mass is 35.5. The van der Waals surface area contributed by atoms with Crippen LogP contribution < -0.4 is 4.90 Å². The molecule has 0 fully saturated rings. The van der Waals surface area contributed by atoms with Crippen molar-refractivity contribution in [2.75, 3.05) is 18.6 Å². The fourth-order valence-electron chi connectivity index (χ4n) is 4.68. The Labute approximate surface area is 208 Å². The van der Waals surface area contributed by atoms with Gasteiger partial charge in [-0.2, -0.15) is 0 Å². The van der Waals surface area contributed by atoms with Crippen LogP contribution in [0.15, 0.2) is 85.2 Å². The fourth-order valence-corrected chi connectivity index (χ4v) is 4.81. The van der Waals surface area contributed by atoms with Crippen molar-refractivity contribution < 1.29 is 19.1 Å². The molecule has 0 spiro atoms. The zero-order chi connectivity index (χ0) is 24.5. The standard InChI is InChI=1S/C28H23ClN2O4/c1-3-35-27(32)25-23-10-6-7-16-30(23)26(24(25)18-11-13-19(29)14-12-18)21-15-17-31(28(33)34-2)22-9-5-4-8-20(21)22/h4-17,21H,3H2,1-2H3/t21-/m1/s1. The Morgan fingerprint density at radius 1 is 1.00 bits per heavy atom. The first-order chi connectivity index (χ1) is 17.0. The van der Waals surface area contributed by atoms with Crippen molar-refractivity contribution in [1.82, 2.24) is 4.40 Å². The molecule has 0 radical (unpaired) electrons. The van der Waals surface area contributed by atoms with E-state index in [1.54, 1.807) is 13.1 Å². The summed E-state index contributed by atoms with van der Waals surface area (Å²) in [6.45, 7) is 2.05. The van der Waals surface area contributed by atoms with Crippen LogP contribution in [0.3, 0.4) is 0 Å². The molecule has 3 heterocycles. The largest absolute Gasteiger partial charge is 0.462 e. The number of carbonyl (C=O) groups excluding carboxylic acids is 2. The van der Waals surface area contributed by atoms with Crippen LogP contribution in [0.4, 0.5) is 10.5 Å². The fraction of sp³-hybridized carbons (Fsp3) is 0.143. The molecule has 6 nitrogen and oxygen atoms in total. The number of carbonyl (C=O) groups is 2. The molecule has 2 aromatic heterocycles. The van der Waals surface area contributed by atoms with Gasteiger partial charge in [0.25, 0.3) is 0 Å². The first-order valence-corrected chi connectivity index (χ1v) is 11.6. The van der Waals surface area contributed by atoms with Crippen molar-refractivity contribution in [3.05, 3.63) is 107 Å². The quantitative estimate of drug-likeness (QED) is 0.302. The van der Waals surface area contributed by atoms with Gasteiger partial charge in [0.15, 0.2) is 0 Å². The van der Waals surface area contributed by atoms with Crippen LogP contribution in [0.2, 0.25) is 5.02 Å². The minimum atomic E-state index is -0.475. The normalized spacial score (nSPS) is 14.6. The minimum absolute atomic E-state index is 0.254. The molecule has 4 aromatic rings. The van der Waals surface area contributed by atoms with Gasteiger partial charge in [-0.1, -0.05) is 54.1 Å². The second kappa shape index (κ2) is 9.31. The number of allylic oxidation sites excluding steroid dienone is 1. The summed E-state index contributed by atoms with van der Waals surface area (Å²) in [6.07, 6.45) is 5.13. The minimum Gasteiger partial charge on any atom is -0.462 e. The predicted molar refractivity (Wildman–Crippen MR) is 136 cm³/mol. The van der Waals surface area contributed by atoms with Gasteiger partial charge < -0.3 is 13.9 Å². The topological polar surface area (TPSA) is 60.2 Å². The van der Waals surface area contributed by atoms with Crippen LogP contribution in [0, 0.1) is 0 Å². The predicted octanol–water partition coefficient (Wildman–Crippen LogP) is 6.67. The molecule has 35 heavy (non-hydrogen) atoms. The first-order valence-electron chi connectivity index (χ1n) is 11.3. The van der Waals surface area contributed by atoms with E-state index in [1.807, 2.05) is 83.4 Å². The molecule has 1 aliphatic rings. The molecule has 1 amide bonds. The molecule has 0 aliphatic carbocycles. The van der Waals surface area contributed by atoms with Crippen molar-refractivity contribution in [3.63, 3.8) is 0 Å². The SMILES string of the molecule is CCOC(=O)c1c(-c2ccc(Cl)cc2)c([C@@H]2C=CN(C(=O)OC)c3ccccc32)n2ccccc12. The van der Waals surface area contributed by atoms with Crippen LogP contribution in [0.5, 0.6) is 0 Å². The Hall–Kier alpha value is -4.03. The van der Waals surface area contributed by atoms with Crippen molar-refractivity contribution in [2.45, 2.75) is 12.8 Å². The smallest absolute Gasteiger partial charge is 0.418 e. The van der Waals surface area contributed by atoms with Crippen molar-refractivity contribution in [3.8, 4) is 11.1 Å². The summed E-state index contributed by atoms with van der Waals surface area (Å²) in [6, 6.07) is 20.8. The number of hydrogen-bond acceptors (Lipinski definition) is 4. The van der Waals surface area contributed by atoms with E-state index in [0.29, 0.717) is 10.6 Å². The summed E-state index contributed by atoms with van der Waals surface area (Å²) < 4.78 is 12.5. The number of para-hydroxylation sites is 1. The number of benzene rings is 2. The number of ether oxygens (including phenoxy) is 2. The van der Waals surface area contributed by atoms with Gasteiger partial charge in [0.05, 0.1) is 30.5 Å². The van der Waals surface area contributed by atoms with Gasteiger partial charge in [-0.15, -0.1) is 0 Å². The lowest BCUT2D eigenvalue weighted by Crippen LogP contribution is -2.29. The van der Waals surface area contributed by atoms with Gasteiger partial charge in [0.1, 0.15) is 0 Å². The Morgan fingerprint density at radius 2 is 1.74 bits per heavy atom. The number of methoxy groups -OCH3 is 1. The molecule has 0 bridgehead atoms. The molecule has 0 saturated heterocycles. The van der Waals surface area contributed by atoms with Crippen LogP contribution in [0.1, 0.15) is 34.5 Å². The third-order valence-corrected chi connectivity index (χ3v) is 6.37. The maximum atomic E-state index is 13.3. The highest BCUT2D eigenvalue weighted by Gasteiger charge is 2.33. The maximum Gasteiger partial charge on any atom is 0.418 e. The zero-order valence-electron chi connectivity index (χ0n) is 19.3. The Morgan fingerprint density at radius 3 is 2.49 bits per heavy atom. The number of rotatable bonds is 4. The molecule has 2 aromatic carbocycles. The van der Waals surface area contributed by atoms with Crippen LogP contribution in [0.25, 0.3) is 16.6 Å². The van der Waals surface area contributed by atoms with Gasteiger partial charge in [0, 0.05) is 34.6 Å². The van der Waals surface area contributed by atoms with Crippen LogP contribution in [-0.2, 0) is 9.47 Å². The Kier molecular flexibility index (Phi) is 6.05. The number of fused-ring (bicyclic) bond motifs is 2. The molecule has 1 atom stereocenters. The average Bonchev–Trinajstić information content (AvgIpc) is 3.23. The molecular formula is C28H23ClN2O4. The number of halogens is 1. The molecule has 0 saturated carbocycles. The van der Waals surface area contributed by atoms with Crippen molar-refractivity contribution in [2.24, 2.45) is 0 Å². The zero-order valence-corrected chi connectivity index (χ0v) is 20.0. The monoisotopic (exact) mass is 486 g/mol. The summed E-state index contributed by atoms with van der Waals surface area (Å²) in [4.78, 5) is 27.2. The third-order valence-electron chi connectivity index (χ3n) is 6.12. The lowest BCUT2D eigenvalue weighted by atomic mass is 9.86. The number of nitrogens with zero attached hydrogens (tertiary/aromatic N) is 2. The van der Waals surface area contributed by atoms with Gasteiger partial charge in [-0.3, -0.25) is 4.90 Å². The number of amides is 1. The third kappa shape index (κ3) is 3.86. The number of esters is 1. The van der Waals surface area contributed by atoms with Gasteiger partial charge in [0.2, 0.25) is 0 Å². The van der Waals surface area contributed by atoms with Crippen LogP contribution >= 0.6 is 11.6 Å². The molecule has 0 N–H and O–H groups in total. The average molecular weight is 487 g/mol. The first kappa shape index (κ1) is 22.7. The van der Waals surface area contributed by atoms with Crippen molar-refractivity contribution in [1.29, 1.82) is 0 Å². The second-order valence-electron chi connectivity index (χ2n) is 8.04. The van der Waals surface area contributed by atoms with Gasteiger partial charge >= 0.3 is 12.1 Å². The van der Waals surface area contributed by atoms with E-state index in [9.17, 15) is 9.59 Å². The maximum absolute atomic E-state index is 13.3. The van der Waals surface area contributed by atoms with E-state index in [0.717, 1.165) is 33.6 Å². The highest BCUT2D eigenvalue weighted by molar-refractivity contribution is 6.30. The molecule has 0 unspecified atom stereocenters. The summed E-state index contributed by atoms with van der Waals surface area (Å²) >= 11 is 6.19. The summed E-state index contributed by atoms with van der Waals surface area (Å²) in [5.74, 6) is -0.646. The van der Waals surface area contributed by atoms with E-state index in [4.69, 9.17) is 21.1 Å². The molecule has 1 aliphatic heterocycles. The van der Waals surface area contributed by atoms with Gasteiger partial charge in [-0.05, 0) is 48.4 Å².